The number of hydrogen-bond acceptors (Lipinski definition) is 3. The Balaban J connectivity index is 1.74. The van der Waals surface area contributed by atoms with Crippen LogP contribution >= 0.6 is 15.9 Å². The zero-order valence-electron chi connectivity index (χ0n) is 14.1. The fourth-order valence-electron chi connectivity index (χ4n) is 3.59. The molecule has 0 aromatic heterocycles. The summed E-state index contributed by atoms with van der Waals surface area (Å²) in [6.07, 6.45) is 1.68. The largest absolute Gasteiger partial charge is 0.372 e. The van der Waals surface area contributed by atoms with Crippen molar-refractivity contribution in [3.8, 4) is 0 Å². The molecular formula is C18H23BrN2O3. The quantitative estimate of drug-likeness (QED) is 0.774. The Hall–Kier alpha value is -1.40. The van der Waals surface area contributed by atoms with E-state index in [4.69, 9.17) is 4.74 Å². The summed E-state index contributed by atoms with van der Waals surface area (Å²) in [6, 6.07) is 6.95. The lowest BCUT2D eigenvalue weighted by Crippen LogP contribution is -2.54. The minimum Gasteiger partial charge on any atom is -0.372 e. The van der Waals surface area contributed by atoms with Crippen LogP contribution in [0.4, 0.5) is 0 Å². The first-order chi connectivity index (χ1) is 11.5. The van der Waals surface area contributed by atoms with Crippen LogP contribution in [0.3, 0.4) is 0 Å². The highest BCUT2D eigenvalue weighted by molar-refractivity contribution is 9.10. The molecule has 1 aromatic carbocycles. The molecule has 5 nitrogen and oxygen atoms in total. The normalized spacial score (nSPS) is 27.4. The molecule has 2 heterocycles. The maximum atomic E-state index is 13.0. The van der Waals surface area contributed by atoms with Crippen molar-refractivity contribution < 1.29 is 14.3 Å². The number of benzene rings is 1. The van der Waals surface area contributed by atoms with Gasteiger partial charge in [-0.1, -0.05) is 15.9 Å². The number of ether oxygens (including phenoxy) is 1. The van der Waals surface area contributed by atoms with Crippen LogP contribution in [-0.2, 0) is 9.53 Å². The van der Waals surface area contributed by atoms with Crippen LogP contribution < -0.4 is 0 Å². The zero-order chi connectivity index (χ0) is 17.3. The van der Waals surface area contributed by atoms with E-state index in [0.717, 1.165) is 17.3 Å². The van der Waals surface area contributed by atoms with E-state index in [2.05, 4.69) is 15.9 Å². The van der Waals surface area contributed by atoms with E-state index in [1.807, 2.05) is 30.9 Å². The van der Waals surface area contributed by atoms with Crippen LogP contribution in [0.15, 0.2) is 28.7 Å². The fourth-order valence-corrected chi connectivity index (χ4v) is 3.86. The topological polar surface area (TPSA) is 49.9 Å². The summed E-state index contributed by atoms with van der Waals surface area (Å²) in [5.41, 5.74) is 0.626. The number of rotatable bonds is 2. The van der Waals surface area contributed by atoms with Gasteiger partial charge >= 0.3 is 0 Å². The third-order valence-electron chi connectivity index (χ3n) is 4.62. The molecule has 1 aromatic rings. The molecule has 0 saturated carbocycles. The Kier molecular flexibility index (Phi) is 5.25. The Bertz CT molecular complexity index is 609. The van der Waals surface area contributed by atoms with Gasteiger partial charge < -0.3 is 14.5 Å². The maximum Gasteiger partial charge on any atom is 0.254 e. The van der Waals surface area contributed by atoms with Gasteiger partial charge in [0.1, 0.15) is 6.04 Å². The molecule has 2 aliphatic heterocycles. The van der Waals surface area contributed by atoms with Crippen LogP contribution in [0.1, 0.15) is 37.0 Å². The van der Waals surface area contributed by atoms with Crippen LogP contribution in [0, 0.1) is 0 Å². The van der Waals surface area contributed by atoms with Crippen LogP contribution in [-0.4, -0.2) is 59.5 Å². The molecule has 2 amide bonds. The van der Waals surface area contributed by atoms with Gasteiger partial charge in [0, 0.05) is 29.7 Å². The standard InChI is InChI=1S/C18H23BrN2O3/c1-12-10-20(11-13(2)24-12)18(23)16-4-3-9-21(16)17(22)14-5-7-15(19)8-6-14/h5-8,12-13,16H,3-4,9-11H2,1-2H3. The minimum absolute atomic E-state index is 0.0368. The molecule has 2 fully saturated rings. The van der Waals surface area contributed by atoms with E-state index < -0.39 is 0 Å². The molecule has 6 heteroatoms. The predicted molar refractivity (Wildman–Crippen MR) is 94.8 cm³/mol. The van der Waals surface area contributed by atoms with E-state index in [1.165, 1.54) is 0 Å². The highest BCUT2D eigenvalue weighted by Crippen LogP contribution is 2.24. The first-order valence-electron chi connectivity index (χ1n) is 8.46. The SMILES string of the molecule is CC1CN(C(=O)C2CCCN2C(=O)c2ccc(Br)cc2)CC(C)O1. The number of hydrogen-bond donors (Lipinski definition) is 0. The zero-order valence-corrected chi connectivity index (χ0v) is 15.7. The second-order valence-corrected chi connectivity index (χ2v) is 7.58. The highest BCUT2D eigenvalue weighted by Gasteiger charge is 2.38. The van der Waals surface area contributed by atoms with Gasteiger partial charge in [0.2, 0.25) is 5.91 Å². The molecule has 3 unspecified atom stereocenters. The molecule has 2 saturated heterocycles. The number of carbonyl (C=O) groups excluding carboxylic acids is 2. The van der Waals surface area contributed by atoms with Crippen molar-refractivity contribution in [3.05, 3.63) is 34.3 Å². The molecule has 24 heavy (non-hydrogen) atoms. The molecule has 0 bridgehead atoms. The third-order valence-corrected chi connectivity index (χ3v) is 5.15. The number of nitrogens with zero attached hydrogens (tertiary/aromatic N) is 2. The van der Waals surface area contributed by atoms with Crippen molar-refractivity contribution in [1.82, 2.24) is 9.80 Å². The van der Waals surface area contributed by atoms with Crippen LogP contribution in [0.25, 0.3) is 0 Å². The molecular weight excluding hydrogens is 372 g/mol. The van der Waals surface area contributed by atoms with E-state index in [1.54, 1.807) is 17.0 Å². The van der Waals surface area contributed by atoms with Gasteiger partial charge in [-0.3, -0.25) is 9.59 Å². The second kappa shape index (κ2) is 7.23. The molecule has 2 aliphatic rings. The van der Waals surface area contributed by atoms with Crippen molar-refractivity contribution in [2.24, 2.45) is 0 Å². The fraction of sp³-hybridized carbons (Fsp3) is 0.556. The summed E-state index contributed by atoms with van der Waals surface area (Å²) in [4.78, 5) is 29.4. The van der Waals surface area contributed by atoms with Crippen LogP contribution in [0.2, 0.25) is 0 Å². The van der Waals surface area contributed by atoms with Gasteiger partial charge in [-0.25, -0.2) is 0 Å². The van der Waals surface area contributed by atoms with Gasteiger partial charge in [-0.15, -0.1) is 0 Å². The summed E-state index contributed by atoms with van der Waals surface area (Å²) >= 11 is 3.38. The van der Waals surface area contributed by atoms with E-state index in [-0.39, 0.29) is 30.1 Å². The number of halogens is 1. The lowest BCUT2D eigenvalue weighted by atomic mass is 10.1. The molecule has 3 atom stereocenters. The number of amides is 2. The second-order valence-electron chi connectivity index (χ2n) is 6.66. The molecule has 3 rings (SSSR count). The van der Waals surface area contributed by atoms with Gasteiger partial charge in [0.15, 0.2) is 0 Å². The lowest BCUT2D eigenvalue weighted by Gasteiger charge is -2.38. The molecule has 0 aliphatic carbocycles. The van der Waals surface area contributed by atoms with Crippen molar-refractivity contribution in [1.29, 1.82) is 0 Å². The summed E-state index contributed by atoms with van der Waals surface area (Å²) in [7, 11) is 0. The third kappa shape index (κ3) is 3.64. The lowest BCUT2D eigenvalue weighted by molar-refractivity contribution is -0.147. The average Bonchev–Trinajstić information content (AvgIpc) is 3.02. The minimum atomic E-state index is -0.348. The number of carbonyl (C=O) groups is 2. The molecule has 0 N–H and O–H groups in total. The van der Waals surface area contributed by atoms with E-state index in [0.29, 0.717) is 25.2 Å². The Labute approximate surface area is 151 Å². The molecule has 0 radical (unpaired) electrons. The number of likely N-dealkylation sites (tertiary alicyclic amines) is 1. The van der Waals surface area contributed by atoms with Crippen LogP contribution in [0.5, 0.6) is 0 Å². The summed E-state index contributed by atoms with van der Waals surface area (Å²) in [5.74, 6) is -0.00679. The number of morpholine rings is 1. The first-order valence-corrected chi connectivity index (χ1v) is 9.26. The van der Waals surface area contributed by atoms with Crippen molar-refractivity contribution in [2.45, 2.75) is 44.9 Å². The summed E-state index contributed by atoms with van der Waals surface area (Å²) in [6.45, 7) is 5.80. The monoisotopic (exact) mass is 394 g/mol. The maximum absolute atomic E-state index is 13.0. The molecule has 130 valence electrons. The summed E-state index contributed by atoms with van der Waals surface area (Å²) < 4.78 is 6.64. The predicted octanol–water partition coefficient (Wildman–Crippen LogP) is 2.69. The Morgan fingerprint density at radius 1 is 1.12 bits per heavy atom. The van der Waals surface area contributed by atoms with Gasteiger partial charge in [-0.05, 0) is 51.0 Å². The van der Waals surface area contributed by atoms with Crippen molar-refractivity contribution in [3.63, 3.8) is 0 Å². The summed E-state index contributed by atoms with van der Waals surface area (Å²) in [5, 5.41) is 0. The van der Waals surface area contributed by atoms with Crippen molar-refractivity contribution >= 4 is 27.7 Å². The van der Waals surface area contributed by atoms with Crippen molar-refractivity contribution in [2.75, 3.05) is 19.6 Å². The highest BCUT2D eigenvalue weighted by atomic mass is 79.9. The molecule has 0 spiro atoms. The van der Waals surface area contributed by atoms with Gasteiger partial charge in [0.25, 0.3) is 5.91 Å². The smallest absolute Gasteiger partial charge is 0.254 e. The van der Waals surface area contributed by atoms with Gasteiger partial charge in [-0.2, -0.15) is 0 Å². The van der Waals surface area contributed by atoms with Gasteiger partial charge in [0.05, 0.1) is 12.2 Å². The van der Waals surface area contributed by atoms with E-state index >= 15 is 0 Å². The Morgan fingerprint density at radius 3 is 2.38 bits per heavy atom. The average molecular weight is 395 g/mol. The van der Waals surface area contributed by atoms with E-state index in [9.17, 15) is 9.59 Å². The first kappa shape index (κ1) is 17.4. The Morgan fingerprint density at radius 2 is 1.75 bits per heavy atom.